The molecule has 1 aliphatic rings. The summed E-state index contributed by atoms with van der Waals surface area (Å²) >= 11 is 0. The summed E-state index contributed by atoms with van der Waals surface area (Å²) < 4.78 is 5.28. The molecule has 168 valence electrons. The van der Waals surface area contributed by atoms with Crippen LogP contribution in [0.5, 0.6) is 5.75 Å². The smallest absolute Gasteiger partial charge is 0.226 e. The zero-order valence-corrected chi connectivity index (χ0v) is 18.6. The molecule has 1 atom stereocenters. The number of nitrogens with one attached hydrogen (secondary N) is 3. The molecular weight excluding hydrogens is 404 g/mol. The van der Waals surface area contributed by atoms with Crippen molar-refractivity contribution in [3.05, 3.63) is 54.2 Å². The Bertz CT molecular complexity index is 1100. The SMILES string of the molecule is COc1ccc2[nH]cc(CC(=O)NC(C)CC(=O)Nc3cccc(N4CCCC4)c3)c2c1. The zero-order valence-electron chi connectivity index (χ0n) is 18.6. The first-order chi connectivity index (χ1) is 15.5. The van der Waals surface area contributed by atoms with Crippen molar-refractivity contribution < 1.29 is 14.3 Å². The van der Waals surface area contributed by atoms with Crippen LogP contribution in [0.2, 0.25) is 0 Å². The van der Waals surface area contributed by atoms with Gasteiger partial charge in [-0.1, -0.05) is 6.07 Å². The third-order valence-corrected chi connectivity index (χ3v) is 5.83. The average molecular weight is 435 g/mol. The van der Waals surface area contributed by atoms with Crippen LogP contribution in [0.15, 0.2) is 48.7 Å². The number of aromatic nitrogens is 1. The lowest BCUT2D eigenvalue weighted by Gasteiger charge is -2.19. The average Bonchev–Trinajstić information content (AvgIpc) is 3.44. The molecule has 2 heterocycles. The van der Waals surface area contributed by atoms with Crippen molar-refractivity contribution in [3.63, 3.8) is 0 Å². The molecule has 4 rings (SSSR count). The number of ether oxygens (including phenoxy) is 1. The van der Waals surface area contributed by atoms with Gasteiger partial charge in [0, 0.05) is 54.0 Å². The summed E-state index contributed by atoms with van der Waals surface area (Å²) in [7, 11) is 1.62. The van der Waals surface area contributed by atoms with Crippen molar-refractivity contribution >= 4 is 34.1 Å². The highest BCUT2D eigenvalue weighted by molar-refractivity contribution is 5.93. The second-order valence-electron chi connectivity index (χ2n) is 8.37. The third kappa shape index (κ3) is 5.22. The summed E-state index contributed by atoms with van der Waals surface area (Å²) in [6.45, 7) is 3.96. The molecular formula is C25H30N4O3. The Morgan fingerprint density at radius 1 is 1.12 bits per heavy atom. The van der Waals surface area contributed by atoms with Gasteiger partial charge < -0.3 is 25.3 Å². The molecule has 2 amide bonds. The van der Waals surface area contributed by atoms with Crippen molar-refractivity contribution in [1.82, 2.24) is 10.3 Å². The topological polar surface area (TPSA) is 86.5 Å². The minimum Gasteiger partial charge on any atom is -0.497 e. The van der Waals surface area contributed by atoms with E-state index in [9.17, 15) is 9.59 Å². The van der Waals surface area contributed by atoms with Crippen molar-refractivity contribution in [2.24, 2.45) is 0 Å². The van der Waals surface area contributed by atoms with E-state index in [2.05, 4.69) is 26.6 Å². The van der Waals surface area contributed by atoms with Crippen LogP contribution in [-0.2, 0) is 16.0 Å². The molecule has 0 saturated carbocycles. The largest absolute Gasteiger partial charge is 0.497 e. The summed E-state index contributed by atoms with van der Waals surface area (Å²) in [4.78, 5) is 30.6. The summed E-state index contributed by atoms with van der Waals surface area (Å²) in [6.07, 6.45) is 4.70. The number of benzene rings is 2. The predicted molar refractivity (Wildman–Crippen MR) is 127 cm³/mol. The van der Waals surface area contributed by atoms with Gasteiger partial charge >= 0.3 is 0 Å². The van der Waals surface area contributed by atoms with Gasteiger partial charge in [-0.15, -0.1) is 0 Å². The molecule has 1 saturated heterocycles. The molecule has 3 aromatic rings. The summed E-state index contributed by atoms with van der Waals surface area (Å²) in [5.41, 5.74) is 3.77. The van der Waals surface area contributed by atoms with E-state index >= 15 is 0 Å². The number of rotatable bonds is 8. The Hall–Kier alpha value is -3.48. The number of amides is 2. The van der Waals surface area contributed by atoms with Crippen LogP contribution in [0.1, 0.15) is 31.7 Å². The van der Waals surface area contributed by atoms with E-state index in [1.54, 1.807) is 7.11 Å². The highest BCUT2D eigenvalue weighted by Gasteiger charge is 2.16. The maximum atomic E-state index is 12.6. The molecule has 7 nitrogen and oxygen atoms in total. The van der Waals surface area contributed by atoms with Crippen LogP contribution in [0.4, 0.5) is 11.4 Å². The Morgan fingerprint density at radius 2 is 1.94 bits per heavy atom. The monoisotopic (exact) mass is 434 g/mol. The quantitative estimate of drug-likeness (QED) is 0.503. The van der Waals surface area contributed by atoms with Gasteiger partial charge in [0.05, 0.1) is 13.5 Å². The van der Waals surface area contributed by atoms with Crippen LogP contribution in [0, 0.1) is 0 Å². The van der Waals surface area contributed by atoms with Gasteiger partial charge in [-0.25, -0.2) is 0 Å². The normalized spacial score (nSPS) is 14.4. The highest BCUT2D eigenvalue weighted by atomic mass is 16.5. The molecule has 0 bridgehead atoms. The Labute approximate surface area is 188 Å². The van der Waals surface area contributed by atoms with E-state index < -0.39 is 0 Å². The molecule has 3 N–H and O–H groups in total. The fourth-order valence-electron chi connectivity index (χ4n) is 4.23. The number of methoxy groups -OCH3 is 1. The molecule has 1 unspecified atom stereocenters. The van der Waals surface area contributed by atoms with Gasteiger partial charge in [-0.05, 0) is 61.7 Å². The van der Waals surface area contributed by atoms with Gasteiger partial charge in [-0.2, -0.15) is 0 Å². The first-order valence-corrected chi connectivity index (χ1v) is 11.1. The van der Waals surface area contributed by atoms with Crippen molar-refractivity contribution in [1.29, 1.82) is 0 Å². The molecule has 1 aromatic heterocycles. The second-order valence-corrected chi connectivity index (χ2v) is 8.37. The molecule has 2 aromatic carbocycles. The van der Waals surface area contributed by atoms with Crippen molar-refractivity contribution in [3.8, 4) is 5.75 Å². The standard InChI is InChI=1S/C25H30N4O3/c1-17(12-24(30)28-19-6-5-7-20(14-19)29-10-3-4-11-29)27-25(31)13-18-16-26-23-9-8-21(32-2)15-22(18)23/h5-9,14-17,26H,3-4,10-13H2,1-2H3,(H,27,31)(H,28,30). The third-order valence-electron chi connectivity index (χ3n) is 5.83. The van der Waals surface area contributed by atoms with E-state index in [-0.39, 0.29) is 30.7 Å². The number of anilines is 2. The van der Waals surface area contributed by atoms with E-state index in [0.717, 1.165) is 46.7 Å². The van der Waals surface area contributed by atoms with Gasteiger partial charge in [0.2, 0.25) is 11.8 Å². The summed E-state index contributed by atoms with van der Waals surface area (Å²) in [6, 6.07) is 13.4. The van der Waals surface area contributed by atoms with Crippen LogP contribution in [0.3, 0.4) is 0 Å². The number of hydrogen-bond donors (Lipinski definition) is 3. The number of H-pyrrole nitrogens is 1. The Morgan fingerprint density at radius 3 is 2.72 bits per heavy atom. The molecule has 1 fully saturated rings. The Balaban J connectivity index is 1.30. The Kier molecular flexibility index (Phi) is 6.63. The fourth-order valence-corrected chi connectivity index (χ4v) is 4.23. The van der Waals surface area contributed by atoms with Crippen molar-refractivity contribution in [2.75, 3.05) is 30.4 Å². The van der Waals surface area contributed by atoms with Crippen LogP contribution < -0.4 is 20.3 Å². The molecule has 1 aliphatic heterocycles. The van der Waals surface area contributed by atoms with E-state index in [4.69, 9.17) is 4.74 Å². The fraction of sp³-hybridized carbons (Fsp3) is 0.360. The number of hydrogen-bond acceptors (Lipinski definition) is 4. The van der Waals surface area contributed by atoms with Crippen LogP contribution in [0.25, 0.3) is 10.9 Å². The van der Waals surface area contributed by atoms with Crippen LogP contribution in [-0.4, -0.2) is 43.0 Å². The first kappa shape index (κ1) is 21.7. The zero-order chi connectivity index (χ0) is 22.5. The molecule has 32 heavy (non-hydrogen) atoms. The molecule has 0 radical (unpaired) electrons. The maximum Gasteiger partial charge on any atom is 0.226 e. The van der Waals surface area contributed by atoms with E-state index in [0.29, 0.717) is 0 Å². The first-order valence-electron chi connectivity index (χ1n) is 11.1. The minimum atomic E-state index is -0.274. The van der Waals surface area contributed by atoms with Crippen molar-refractivity contribution in [2.45, 2.75) is 38.6 Å². The lowest BCUT2D eigenvalue weighted by atomic mass is 10.1. The van der Waals surface area contributed by atoms with Gasteiger partial charge in [0.25, 0.3) is 0 Å². The lowest BCUT2D eigenvalue weighted by molar-refractivity contribution is -0.121. The number of fused-ring (bicyclic) bond motifs is 1. The molecule has 0 spiro atoms. The number of aromatic amines is 1. The van der Waals surface area contributed by atoms with Gasteiger partial charge in [0.15, 0.2) is 0 Å². The summed E-state index contributed by atoms with van der Waals surface area (Å²) in [5.74, 6) is 0.510. The molecule has 0 aliphatic carbocycles. The predicted octanol–water partition coefficient (Wildman–Crippen LogP) is 3.85. The highest BCUT2D eigenvalue weighted by Crippen LogP contribution is 2.25. The van der Waals surface area contributed by atoms with E-state index in [1.807, 2.05) is 49.5 Å². The number of carbonyl (C=O) groups excluding carboxylic acids is 2. The van der Waals surface area contributed by atoms with Gasteiger partial charge in [-0.3, -0.25) is 9.59 Å². The number of nitrogens with zero attached hydrogens (tertiary/aromatic N) is 1. The number of carbonyl (C=O) groups is 2. The molecule has 7 heteroatoms. The maximum absolute atomic E-state index is 12.6. The van der Waals surface area contributed by atoms with E-state index in [1.165, 1.54) is 12.8 Å². The lowest BCUT2D eigenvalue weighted by Crippen LogP contribution is -2.36. The van der Waals surface area contributed by atoms with Gasteiger partial charge in [0.1, 0.15) is 5.75 Å². The van der Waals surface area contributed by atoms with Crippen LogP contribution >= 0.6 is 0 Å². The summed E-state index contributed by atoms with van der Waals surface area (Å²) in [5, 5.41) is 6.85. The second kappa shape index (κ2) is 9.77. The minimum absolute atomic E-state index is 0.117.